The number of hydrogen-bond donors (Lipinski definition) is 1. The Morgan fingerprint density at radius 3 is 2.28 bits per heavy atom. The van der Waals surface area contributed by atoms with Crippen LogP contribution in [0.15, 0.2) is 47.1 Å². The first-order chi connectivity index (χ1) is 8.76. The second-order valence-electron chi connectivity index (χ2n) is 4.71. The van der Waals surface area contributed by atoms with E-state index in [-0.39, 0.29) is 6.04 Å². The van der Waals surface area contributed by atoms with Gasteiger partial charge in [0.15, 0.2) is 0 Å². The van der Waals surface area contributed by atoms with E-state index in [1.54, 1.807) is 6.26 Å². The first-order valence-corrected chi connectivity index (χ1v) is 6.56. The molecule has 2 unspecified atom stereocenters. The maximum absolute atomic E-state index is 5.48. The Balaban J connectivity index is 2.22. The van der Waals surface area contributed by atoms with Crippen LogP contribution >= 0.6 is 0 Å². The molecule has 2 rings (SSSR count). The molecule has 1 heterocycles. The number of rotatable bonds is 5. The fourth-order valence-corrected chi connectivity index (χ4v) is 2.18. The van der Waals surface area contributed by atoms with E-state index in [4.69, 9.17) is 4.42 Å². The van der Waals surface area contributed by atoms with Crippen molar-refractivity contribution in [2.45, 2.75) is 32.2 Å². The third kappa shape index (κ3) is 2.65. The Kier molecular flexibility index (Phi) is 4.21. The van der Waals surface area contributed by atoms with Crippen LogP contribution in [0.3, 0.4) is 0 Å². The van der Waals surface area contributed by atoms with Crippen LogP contribution in [0.2, 0.25) is 0 Å². The third-order valence-corrected chi connectivity index (χ3v) is 3.57. The van der Waals surface area contributed by atoms with E-state index in [1.807, 2.05) is 19.2 Å². The molecule has 0 fully saturated rings. The summed E-state index contributed by atoms with van der Waals surface area (Å²) in [4.78, 5) is 0. The van der Waals surface area contributed by atoms with E-state index in [2.05, 4.69) is 43.4 Å². The Bertz CT molecular complexity index is 458. The largest absolute Gasteiger partial charge is 0.467 e. The first kappa shape index (κ1) is 12.9. The van der Waals surface area contributed by atoms with Gasteiger partial charge in [0.1, 0.15) is 5.76 Å². The predicted octanol–water partition coefficient (Wildman–Crippen LogP) is 4.10. The number of benzene rings is 1. The molecule has 0 aliphatic heterocycles. The Labute approximate surface area is 109 Å². The molecule has 0 aliphatic rings. The molecule has 0 amide bonds. The average Bonchev–Trinajstić information content (AvgIpc) is 2.93. The lowest BCUT2D eigenvalue weighted by molar-refractivity contribution is 0.463. The maximum atomic E-state index is 5.48. The Morgan fingerprint density at radius 2 is 1.78 bits per heavy atom. The molecule has 2 aromatic rings. The number of furan rings is 1. The molecule has 0 saturated carbocycles. The van der Waals surface area contributed by atoms with Crippen LogP contribution in [-0.2, 0) is 0 Å². The summed E-state index contributed by atoms with van der Waals surface area (Å²) in [5.74, 6) is 1.57. The molecule has 1 N–H and O–H groups in total. The molecular weight excluding hydrogens is 222 g/mol. The van der Waals surface area contributed by atoms with Crippen molar-refractivity contribution in [2.75, 3.05) is 7.05 Å². The lowest BCUT2D eigenvalue weighted by Gasteiger charge is -2.16. The SMILES string of the molecule is CCC(C)c1ccc(C(NC)c2ccco2)cc1. The standard InChI is InChI=1S/C16H21NO/c1-4-12(2)13-7-9-14(10-8-13)16(17-3)15-6-5-11-18-15/h5-12,16-17H,4H2,1-3H3. The number of hydrogen-bond acceptors (Lipinski definition) is 2. The second kappa shape index (κ2) is 5.87. The summed E-state index contributed by atoms with van der Waals surface area (Å²) in [5, 5.41) is 3.29. The van der Waals surface area contributed by atoms with E-state index in [0.717, 1.165) is 5.76 Å². The van der Waals surface area contributed by atoms with E-state index in [0.29, 0.717) is 5.92 Å². The monoisotopic (exact) mass is 243 g/mol. The third-order valence-electron chi connectivity index (χ3n) is 3.57. The summed E-state index contributed by atoms with van der Waals surface area (Å²) in [7, 11) is 1.95. The van der Waals surface area contributed by atoms with E-state index < -0.39 is 0 Å². The van der Waals surface area contributed by atoms with Gasteiger partial charge in [-0.3, -0.25) is 0 Å². The zero-order chi connectivity index (χ0) is 13.0. The minimum Gasteiger partial charge on any atom is -0.467 e. The van der Waals surface area contributed by atoms with Gasteiger partial charge in [0.05, 0.1) is 12.3 Å². The van der Waals surface area contributed by atoms with E-state index >= 15 is 0 Å². The lowest BCUT2D eigenvalue weighted by atomic mass is 9.95. The highest BCUT2D eigenvalue weighted by Crippen LogP contribution is 2.25. The molecule has 0 saturated heterocycles. The quantitative estimate of drug-likeness (QED) is 0.855. The van der Waals surface area contributed by atoms with E-state index in [1.165, 1.54) is 17.5 Å². The van der Waals surface area contributed by atoms with Crippen molar-refractivity contribution in [3.05, 3.63) is 59.5 Å². The van der Waals surface area contributed by atoms with Gasteiger partial charge in [-0.15, -0.1) is 0 Å². The Morgan fingerprint density at radius 1 is 1.11 bits per heavy atom. The summed E-state index contributed by atoms with van der Waals surface area (Å²) >= 11 is 0. The topological polar surface area (TPSA) is 25.2 Å². The van der Waals surface area contributed by atoms with Crippen LogP contribution in [0.5, 0.6) is 0 Å². The van der Waals surface area contributed by atoms with Gasteiger partial charge >= 0.3 is 0 Å². The van der Waals surface area contributed by atoms with Crippen LogP contribution in [0.4, 0.5) is 0 Å². The van der Waals surface area contributed by atoms with E-state index in [9.17, 15) is 0 Å². The van der Waals surface area contributed by atoms with Crippen molar-refractivity contribution in [1.29, 1.82) is 0 Å². The summed E-state index contributed by atoms with van der Waals surface area (Å²) in [5.41, 5.74) is 2.63. The second-order valence-corrected chi connectivity index (χ2v) is 4.71. The number of nitrogens with one attached hydrogen (secondary N) is 1. The van der Waals surface area contributed by atoms with Gasteiger partial charge in [0.25, 0.3) is 0 Å². The van der Waals surface area contributed by atoms with Crippen molar-refractivity contribution >= 4 is 0 Å². The molecule has 0 aliphatic carbocycles. The predicted molar refractivity (Wildman–Crippen MR) is 74.8 cm³/mol. The highest BCUT2D eigenvalue weighted by Gasteiger charge is 2.14. The lowest BCUT2D eigenvalue weighted by Crippen LogP contribution is -2.16. The summed E-state index contributed by atoms with van der Waals surface area (Å²) in [6, 6.07) is 12.9. The van der Waals surface area contributed by atoms with Crippen LogP contribution in [0.1, 0.15) is 49.1 Å². The average molecular weight is 243 g/mol. The molecule has 1 aromatic heterocycles. The molecule has 18 heavy (non-hydrogen) atoms. The van der Waals surface area contributed by atoms with Crippen LogP contribution in [-0.4, -0.2) is 7.05 Å². The fourth-order valence-electron chi connectivity index (χ4n) is 2.18. The van der Waals surface area contributed by atoms with Gasteiger partial charge in [-0.1, -0.05) is 38.1 Å². The Hall–Kier alpha value is -1.54. The molecule has 0 radical (unpaired) electrons. The van der Waals surface area contributed by atoms with Crippen molar-refractivity contribution in [3.8, 4) is 0 Å². The highest BCUT2D eigenvalue weighted by molar-refractivity contribution is 5.31. The first-order valence-electron chi connectivity index (χ1n) is 6.56. The molecule has 2 heteroatoms. The van der Waals surface area contributed by atoms with Crippen LogP contribution in [0.25, 0.3) is 0 Å². The smallest absolute Gasteiger partial charge is 0.125 e. The minimum absolute atomic E-state index is 0.131. The van der Waals surface area contributed by atoms with Crippen molar-refractivity contribution in [2.24, 2.45) is 0 Å². The van der Waals surface area contributed by atoms with Gasteiger partial charge < -0.3 is 9.73 Å². The minimum atomic E-state index is 0.131. The van der Waals surface area contributed by atoms with Gasteiger partial charge in [0.2, 0.25) is 0 Å². The van der Waals surface area contributed by atoms with Gasteiger partial charge in [-0.05, 0) is 42.6 Å². The molecule has 2 atom stereocenters. The molecular formula is C16H21NO. The molecule has 2 nitrogen and oxygen atoms in total. The maximum Gasteiger partial charge on any atom is 0.125 e. The van der Waals surface area contributed by atoms with Crippen molar-refractivity contribution < 1.29 is 4.42 Å². The molecule has 0 spiro atoms. The van der Waals surface area contributed by atoms with Gasteiger partial charge in [0, 0.05) is 0 Å². The summed E-state index contributed by atoms with van der Waals surface area (Å²) in [6.07, 6.45) is 2.89. The molecule has 0 bridgehead atoms. The van der Waals surface area contributed by atoms with Gasteiger partial charge in [-0.2, -0.15) is 0 Å². The zero-order valence-corrected chi connectivity index (χ0v) is 11.3. The highest BCUT2D eigenvalue weighted by atomic mass is 16.3. The molecule has 1 aromatic carbocycles. The summed E-state index contributed by atoms with van der Waals surface area (Å²) < 4.78 is 5.48. The van der Waals surface area contributed by atoms with Crippen LogP contribution in [0, 0.1) is 0 Å². The van der Waals surface area contributed by atoms with Crippen molar-refractivity contribution in [1.82, 2.24) is 5.32 Å². The normalized spacial score (nSPS) is 14.4. The zero-order valence-electron chi connectivity index (χ0n) is 11.3. The fraction of sp³-hybridized carbons (Fsp3) is 0.375. The summed E-state index contributed by atoms with van der Waals surface area (Å²) in [6.45, 7) is 4.48. The molecule has 96 valence electrons. The van der Waals surface area contributed by atoms with Crippen LogP contribution < -0.4 is 5.32 Å². The van der Waals surface area contributed by atoms with Gasteiger partial charge in [-0.25, -0.2) is 0 Å². The van der Waals surface area contributed by atoms with Crippen molar-refractivity contribution in [3.63, 3.8) is 0 Å².